The lowest BCUT2D eigenvalue weighted by Crippen LogP contribution is -2.33. The van der Waals surface area contributed by atoms with E-state index in [-0.39, 0.29) is 11.5 Å². The van der Waals surface area contributed by atoms with Crippen LogP contribution in [0.25, 0.3) is 0 Å². The second-order valence-corrected chi connectivity index (χ2v) is 7.25. The van der Waals surface area contributed by atoms with E-state index in [9.17, 15) is 13.2 Å². The highest BCUT2D eigenvalue weighted by atomic mass is 32.2. The predicted molar refractivity (Wildman–Crippen MR) is 84.1 cm³/mol. The van der Waals surface area contributed by atoms with Crippen LogP contribution < -0.4 is 4.72 Å². The van der Waals surface area contributed by atoms with Crippen molar-refractivity contribution >= 4 is 15.9 Å². The second-order valence-electron chi connectivity index (χ2n) is 5.57. The van der Waals surface area contributed by atoms with Crippen molar-refractivity contribution in [1.82, 2.24) is 4.72 Å². The molecule has 1 N–H and O–H groups in total. The molecule has 1 amide bonds. The molecule has 1 aliphatic carbocycles. The Labute approximate surface area is 132 Å². The first-order valence-electron chi connectivity index (χ1n) is 7.76. The summed E-state index contributed by atoms with van der Waals surface area (Å²) in [5.41, 5.74) is 1.18. The quantitative estimate of drug-likeness (QED) is 0.872. The fraction of sp³-hybridized carbons (Fsp3) is 0.562. The first-order chi connectivity index (χ1) is 10.5. The van der Waals surface area contributed by atoms with Gasteiger partial charge < -0.3 is 4.74 Å². The maximum Gasteiger partial charge on any atom is 0.264 e. The average Bonchev–Trinajstić information content (AvgIpc) is 2.53. The van der Waals surface area contributed by atoms with Crippen molar-refractivity contribution < 1.29 is 17.9 Å². The molecule has 0 aliphatic heterocycles. The van der Waals surface area contributed by atoms with Gasteiger partial charge in [-0.2, -0.15) is 0 Å². The fourth-order valence-corrected chi connectivity index (χ4v) is 3.76. The van der Waals surface area contributed by atoms with Crippen LogP contribution in [0, 0.1) is 0 Å². The van der Waals surface area contributed by atoms with Gasteiger partial charge in [-0.15, -0.1) is 0 Å². The van der Waals surface area contributed by atoms with E-state index < -0.39 is 15.9 Å². The zero-order valence-corrected chi connectivity index (χ0v) is 13.7. The summed E-state index contributed by atoms with van der Waals surface area (Å²) in [5.74, 6) is -0.128. The minimum Gasteiger partial charge on any atom is -0.372 e. The molecular weight excluding hydrogens is 302 g/mol. The highest BCUT2D eigenvalue weighted by Gasteiger charge is 2.19. The van der Waals surface area contributed by atoms with Crippen molar-refractivity contribution in [3.8, 4) is 0 Å². The van der Waals surface area contributed by atoms with Crippen LogP contribution in [0.3, 0.4) is 0 Å². The molecule has 0 radical (unpaired) electrons. The van der Waals surface area contributed by atoms with E-state index in [1.807, 2.05) is 16.9 Å². The number of carbonyl (C=O) groups is 1. The molecule has 0 atom stereocenters. The lowest BCUT2D eigenvalue weighted by molar-refractivity contribution is -0.123. The Morgan fingerprint density at radius 2 is 1.82 bits per heavy atom. The maximum atomic E-state index is 12.1. The number of benzene rings is 1. The van der Waals surface area contributed by atoms with Gasteiger partial charge in [-0.25, -0.2) is 13.1 Å². The summed E-state index contributed by atoms with van der Waals surface area (Å²) in [4.78, 5) is 11.6. The zero-order valence-electron chi connectivity index (χ0n) is 12.9. The van der Waals surface area contributed by atoms with Crippen LogP contribution in [0.4, 0.5) is 0 Å². The Morgan fingerprint density at radius 3 is 2.41 bits per heavy atom. The average molecular weight is 325 g/mol. The third kappa shape index (κ3) is 4.55. The van der Waals surface area contributed by atoms with Gasteiger partial charge in [-0.3, -0.25) is 4.79 Å². The smallest absolute Gasteiger partial charge is 0.264 e. The van der Waals surface area contributed by atoms with Gasteiger partial charge in [0.2, 0.25) is 0 Å². The van der Waals surface area contributed by atoms with Gasteiger partial charge in [0.15, 0.2) is 0 Å². The van der Waals surface area contributed by atoms with Crippen molar-refractivity contribution in [3.63, 3.8) is 0 Å². The number of ether oxygens (including phenoxy) is 1. The normalized spacial score (nSPS) is 16.4. The number of sulfonamides is 1. The zero-order chi connectivity index (χ0) is 16.0. The molecule has 1 aromatic rings. The molecule has 0 saturated heterocycles. The Hall–Kier alpha value is -1.40. The fourth-order valence-electron chi connectivity index (χ4n) is 2.79. The number of nitrogens with one attached hydrogen (secondary N) is 1. The van der Waals surface area contributed by atoms with Crippen LogP contribution in [0.15, 0.2) is 29.2 Å². The van der Waals surface area contributed by atoms with Gasteiger partial charge in [-0.05, 0) is 43.4 Å². The molecule has 6 heteroatoms. The minimum absolute atomic E-state index is 0.108. The first kappa shape index (κ1) is 17.0. The summed E-state index contributed by atoms with van der Waals surface area (Å²) in [5, 5.41) is 0. The van der Waals surface area contributed by atoms with Gasteiger partial charge in [0.1, 0.15) is 6.61 Å². The van der Waals surface area contributed by atoms with Gasteiger partial charge in [-0.1, -0.05) is 31.4 Å². The number of amides is 1. The van der Waals surface area contributed by atoms with E-state index in [4.69, 9.17) is 4.74 Å². The minimum atomic E-state index is -3.82. The molecule has 0 heterocycles. The molecule has 1 fully saturated rings. The standard InChI is InChI=1S/C16H23NO4S/c1-2-21-12-16(18)17-22(19,20)15-10-8-14(9-11-15)13-6-4-3-5-7-13/h8-11,13H,2-7,12H2,1H3,(H,17,18). The third-order valence-corrected chi connectivity index (χ3v) is 5.34. The van der Waals surface area contributed by atoms with E-state index in [1.54, 1.807) is 19.1 Å². The lowest BCUT2D eigenvalue weighted by Gasteiger charge is -2.22. The second kappa shape index (κ2) is 7.74. The van der Waals surface area contributed by atoms with E-state index in [2.05, 4.69) is 0 Å². The Morgan fingerprint density at radius 1 is 1.18 bits per heavy atom. The van der Waals surface area contributed by atoms with Crippen molar-refractivity contribution in [2.75, 3.05) is 13.2 Å². The van der Waals surface area contributed by atoms with Gasteiger partial charge in [0.05, 0.1) is 4.90 Å². The monoisotopic (exact) mass is 325 g/mol. The van der Waals surface area contributed by atoms with Crippen LogP contribution in [-0.4, -0.2) is 27.5 Å². The molecule has 0 bridgehead atoms. The van der Waals surface area contributed by atoms with Crippen molar-refractivity contribution in [2.24, 2.45) is 0 Å². The van der Waals surface area contributed by atoms with Crippen LogP contribution in [0.5, 0.6) is 0 Å². The molecule has 1 aliphatic rings. The number of hydrogen-bond donors (Lipinski definition) is 1. The molecule has 0 unspecified atom stereocenters. The highest BCUT2D eigenvalue weighted by molar-refractivity contribution is 7.90. The molecule has 2 rings (SSSR count). The Bertz CT molecular complexity index is 589. The summed E-state index contributed by atoms with van der Waals surface area (Å²) >= 11 is 0. The Kier molecular flexibility index (Phi) is 5.97. The molecule has 5 nitrogen and oxygen atoms in total. The van der Waals surface area contributed by atoms with Crippen LogP contribution in [0.1, 0.15) is 50.5 Å². The van der Waals surface area contributed by atoms with E-state index in [0.29, 0.717) is 12.5 Å². The number of carbonyl (C=O) groups excluding carboxylic acids is 1. The lowest BCUT2D eigenvalue weighted by atomic mass is 9.84. The molecule has 122 valence electrons. The largest absolute Gasteiger partial charge is 0.372 e. The molecule has 1 aromatic carbocycles. The van der Waals surface area contributed by atoms with Gasteiger partial charge >= 0.3 is 0 Å². The molecule has 0 aromatic heterocycles. The van der Waals surface area contributed by atoms with Crippen LogP contribution in [-0.2, 0) is 19.6 Å². The predicted octanol–water partition coefficient (Wildman–Crippen LogP) is 2.58. The summed E-state index contributed by atoms with van der Waals surface area (Å²) in [7, 11) is -3.82. The first-order valence-corrected chi connectivity index (χ1v) is 9.24. The van der Waals surface area contributed by atoms with Crippen LogP contribution in [0.2, 0.25) is 0 Å². The van der Waals surface area contributed by atoms with Crippen LogP contribution >= 0.6 is 0 Å². The third-order valence-electron chi connectivity index (χ3n) is 3.95. The molecule has 0 spiro atoms. The molecule has 1 saturated carbocycles. The number of rotatable bonds is 6. The Balaban J connectivity index is 2.03. The summed E-state index contributed by atoms with van der Waals surface area (Å²) < 4.78 is 31.1. The summed E-state index contributed by atoms with van der Waals surface area (Å²) in [6.07, 6.45) is 6.08. The van der Waals surface area contributed by atoms with Gasteiger partial charge in [0, 0.05) is 6.61 Å². The highest BCUT2D eigenvalue weighted by Crippen LogP contribution is 2.32. The molecular formula is C16H23NO4S. The van der Waals surface area contributed by atoms with E-state index >= 15 is 0 Å². The van der Waals surface area contributed by atoms with E-state index in [1.165, 1.54) is 24.8 Å². The SMILES string of the molecule is CCOCC(=O)NS(=O)(=O)c1ccc(C2CCCCC2)cc1. The van der Waals surface area contributed by atoms with Crippen molar-refractivity contribution in [1.29, 1.82) is 0 Å². The van der Waals surface area contributed by atoms with Gasteiger partial charge in [0.25, 0.3) is 15.9 Å². The maximum absolute atomic E-state index is 12.1. The van der Waals surface area contributed by atoms with Crippen molar-refractivity contribution in [2.45, 2.75) is 49.8 Å². The van der Waals surface area contributed by atoms with E-state index in [0.717, 1.165) is 12.8 Å². The number of hydrogen-bond acceptors (Lipinski definition) is 4. The summed E-state index contributed by atoms with van der Waals surface area (Å²) in [6.45, 7) is 1.85. The topological polar surface area (TPSA) is 72.5 Å². The summed E-state index contributed by atoms with van der Waals surface area (Å²) in [6, 6.07) is 6.86. The van der Waals surface area contributed by atoms with Crippen molar-refractivity contribution in [3.05, 3.63) is 29.8 Å². The molecule has 22 heavy (non-hydrogen) atoms.